The second-order valence-electron chi connectivity index (χ2n) is 3.52. The summed E-state index contributed by atoms with van der Waals surface area (Å²) in [5.41, 5.74) is 5.52. The van der Waals surface area contributed by atoms with Crippen molar-refractivity contribution in [2.45, 2.75) is 25.8 Å². The summed E-state index contributed by atoms with van der Waals surface area (Å²) in [5, 5.41) is 0. The normalized spacial score (nSPS) is 12.1. The Morgan fingerprint density at radius 1 is 1.50 bits per heavy atom. The van der Waals surface area contributed by atoms with Gasteiger partial charge in [-0.25, -0.2) is 0 Å². The van der Waals surface area contributed by atoms with Crippen molar-refractivity contribution in [3.8, 4) is 0 Å². The van der Waals surface area contributed by atoms with Gasteiger partial charge in [-0.15, -0.1) is 12.4 Å². The molecule has 1 amide bonds. The average Bonchev–Trinajstić information content (AvgIpc) is 2.39. The molecule has 0 heterocycles. The van der Waals surface area contributed by atoms with Crippen LogP contribution in [0.15, 0.2) is 0 Å². The Morgan fingerprint density at radius 3 is 2.67 bits per heavy atom. The van der Waals surface area contributed by atoms with Crippen molar-refractivity contribution in [3.05, 3.63) is 0 Å². The molecular weight excluding hydrogens is 260 g/mol. The van der Waals surface area contributed by atoms with Crippen LogP contribution in [-0.4, -0.2) is 56.7 Å². The number of halogens is 1. The predicted molar refractivity (Wildman–Crippen MR) is 70.6 cm³/mol. The van der Waals surface area contributed by atoms with E-state index in [0.29, 0.717) is 19.8 Å². The summed E-state index contributed by atoms with van der Waals surface area (Å²) in [6, 6.07) is -0.793. The van der Waals surface area contributed by atoms with Gasteiger partial charge in [0.1, 0.15) is 6.04 Å². The zero-order valence-electron chi connectivity index (χ0n) is 11.9. The number of ether oxygens (including phenoxy) is 2. The molecule has 0 radical (unpaired) electrons. The van der Waals surface area contributed by atoms with E-state index in [0.717, 1.165) is 0 Å². The highest BCUT2D eigenvalue weighted by molar-refractivity contribution is 5.85. The molecule has 0 saturated heterocycles. The van der Waals surface area contributed by atoms with E-state index in [1.54, 1.807) is 0 Å². The van der Waals surface area contributed by atoms with Gasteiger partial charge in [0, 0.05) is 28.0 Å². The Hall–Kier alpha value is -0.850. The van der Waals surface area contributed by atoms with Crippen LogP contribution in [-0.2, 0) is 19.1 Å². The van der Waals surface area contributed by atoms with Gasteiger partial charge < -0.3 is 20.1 Å². The molecule has 0 aliphatic rings. The van der Waals surface area contributed by atoms with E-state index in [-0.39, 0.29) is 38.2 Å². The molecule has 108 valence electrons. The lowest BCUT2D eigenvalue weighted by molar-refractivity contribution is -0.142. The van der Waals surface area contributed by atoms with Gasteiger partial charge in [-0.2, -0.15) is 0 Å². The highest BCUT2D eigenvalue weighted by Crippen LogP contribution is 2.00. The van der Waals surface area contributed by atoms with Crippen molar-refractivity contribution >= 4 is 24.3 Å². The number of methoxy groups -OCH3 is 1. The minimum absolute atomic E-state index is 0. The molecule has 0 bridgehead atoms. The second-order valence-corrected chi connectivity index (χ2v) is 3.52. The van der Waals surface area contributed by atoms with E-state index in [2.05, 4.69) is 4.74 Å². The van der Waals surface area contributed by atoms with Crippen LogP contribution in [0.1, 0.15) is 21.1 Å². The van der Waals surface area contributed by atoms with Crippen LogP contribution in [0.2, 0.25) is 0 Å². The Morgan fingerprint density at radius 2 is 2.17 bits per heavy atom. The molecule has 7 heteroatoms. The van der Waals surface area contributed by atoms with E-state index >= 15 is 0 Å². The molecule has 0 unspecified atom stereocenters. The average molecular weight is 284 g/mol. The largest absolute Gasteiger partial charge is 0.468 e. The van der Waals surface area contributed by atoms with E-state index in [1.165, 1.54) is 12.0 Å². The lowest BCUT2D eigenvalue weighted by Gasteiger charge is -2.17. The molecular formula is C11H23ClN2O4. The molecule has 0 aromatic heterocycles. The minimum atomic E-state index is -0.793. The number of nitrogens with two attached hydrogens (primary N) is 1. The quantitative estimate of drug-likeness (QED) is 0.508. The molecule has 2 N–H and O–H groups in total. The standard InChI is InChI=1S/C11H22N2O4.ClH/c1-4-17-8-7-13(2)10(14)6-5-9(12)11(15)16-3;/h9H,4-8,12H2,1-3H3;1H/t9-;/m0./s1/i2D;. The van der Waals surface area contributed by atoms with Crippen LogP contribution in [0.3, 0.4) is 0 Å². The third-order valence-corrected chi connectivity index (χ3v) is 2.24. The first-order chi connectivity index (χ1) is 8.56. The Labute approximate surface area is 116 Å². The fourth-order valence-corrected chi connectivity index (χ4v) is 1.15. The van der Waals surface area contributed by atoms with Crippen molar-refractivity contribution in [1.29, 1.82) is 0 Å². The number of carbonyl (C=O) groups excluding carboxylic acids is 2. The molecule has 0 fully saturated rings. The first kappa shape index (κ1) is 17.2. The van der Waals surface area contributed by atoms with Crippen molar-refractivity contribution < 1.29 is 20.4 Å². The highest BCUT2D eigenvalue weighted by Gasteiger charge is 2.16. The Bertz CT molecular complexity index is 269. The first-order valence-electron chi connectivity index (χ1n) is 6.25. The minimum Gasteiger partial charge on any atom is -0.468 e. The SMILES string of the molecule is Cl.[2H]CN(CCOCC)C(=O)CC[C@H](N)C(=O)OC. The zero-order valence-corrected chi connectivity index (χ0v) is 11.7. The maximum atomic E-state index is 11.7. The van der Waals surface area contributed by atoms with Crippen molar-refractivity contribution in [2.24, 2.45) is 5.73 Å². The monoisotopic (exact) mass is 283 g/mol. The smallest absolute Gasteiger partial charge is 0.322 e. The van der Waals surface area contributed by atoms with Crippen LogP contribution in [0.4, 0.5) is 0 Å². The van der Waals surface area contributed by atoms with Crippen LogP contribution in [0.5, 0.6) is 0 Å². The highest BCUT2D eigenvalue weighted by atomic mass is 35.5. The zero-order chi connectivity index (χ0) is 14.0. The molecule has 0 rings (SSSR count). The van der Waals surface area contributed by atoms with Gasteiger partial charge in [0.2, 0.25) is 5.91 Å². The van der Waals surface area contributed by atoms with Crippen LogP contribution >= 0.6 is 12.4 Å². The number of carbonyl (C=O) groups is 2. The van der Waals surface area contributed by atoms with E-state index in [4.69, 9.17) is 11.8 Å². The summed E-state index contributed by atoms with van der Waals surface area (Å²) < 4.78 is 16.8. The van der Waals surface area contributed by atoms with E-state index < -0.39 is 12.0 Å². The topological polar surface area (TPSA) is 81.9 Å². The Kier molecular flexibility index (Phi) is 10.7. The third kappa shape index (κ3) is 8.27. The molecule has 0 aromatic rings. The second kappa shape index (κ2) is 11.3. The van der Waals surface area contributed by atoms with Gasteiger partial charge in [0.25, 0.3) is 0 Å². The number of esters is 1. The van der Waals surface area contributed by atoms with Crippen molar-refractivity contribution in [2.75, 3.05) is 33.9 Å². The number of likely N-dealkylation sites (N-methyl/N-ethyl adjacent to an activating group) is 1. The fraction of sp³-hybridized carbons (Fsp3) is 0.818. The fourth-order valence-electron chi connectivity index (χ4n) is 1.15. The summed E-state index contributed by atoms with van der Waals surface area (Å²) in [7, 11) is 1.13. The van der Waals surface area contributed by atoms with Gasteiger partial charge in [0.05, 0.1) is 13.7 Å². The van der Waals surface area contributed by atoms with Crippen LogP contribution in [0, 0.1) is 0 Å². The summed E-state index contributed by atoms with van der Waals surface area (Å²) in [6.07, 6.45) is 0.345. The number of hydrogen-bond donors (Lipinski definition) is 1. The van der Waals surface area contributed by atoms with Crippen molar-refractivity contribution in [1.82, 2.24) is 4.90 Å². The molecule has 1 atom stereocenters. The molecule has 0 aliphatic carbocycles. The predicted octanol–water partition coefficient (Wildman–Crippen LogP) is 0.184. The third-order valence-electron chi connectivity index (χ3n) is 2.24. The molecule has 18 heavy (non-hydrogen) atoms. The summed E-state index contributed by atoms with van der Waals surface area (Å²) in [6.45, 7) is 3.23. The summed E-state index contributed by atoms with van der Waals surface area (Å²) in [4.78, 5) is 24.1. The van der Waals surface area contributed by atoms with Gasteiger partial charge >= 0.3 is 5.97 Å². The van der Waals surface area contributed by atoms with Gasteiger partial charge in [0.15, 0.2) is 0 Å². The number of nitrogens with zero attached hydrogens (tertiary/aromatic N) is 1. The summed E-state index contributed by atoms with van der Waals surface area (Å²) in [5.74, 6) is -0.737. The van der Waals surface area contributed by atoms with Gasteiger partial charge in [-0.1, -0.05) is 0 Å². The van der Waals surface area contributed by atoms with Gasteiger partial charge in [-0.05, 0) is 13.3 Å². The maximum Gasteiger partial charge on any atom is 0.322 e. The molecule has 0 saturated carbocycles. The first-order valence-corrected chi connectivity index (χ1v) is 5.54. The lowest BCUT2D eigenvalue weighted by atomic mass is 10.1. The van der Waals surface area contributed by atoms with E-state index in [1.807, 2.05) is 6.92 Å². The molecule has 0 spiro atoms. The molecule has 0 aromatic carbocycles. The number of amides is 1. The molecule has 6 nitrogen and oxygen atoms in total. The van der Waals surface area contributed by atoms with E-state index in [9.17, 15) is 9.59 Å². The summed E-state index contributed by atoms with van der Waals surface area (Å²) >= 11 is 0. The van der Waals surface area contributed by atoms with Crippen LogP contribution in [0.25, 0.3) is 0 Å². The molecule has 0 aliphatic heterocycles. The Balaban J connectivity index is 0. The number of rotatable bonds is 8. The number of hydrogen-bond acceptors (Lipinski definition) is 5. The van der Waals surface area contributed by atoms with Crippen molar-refractivity contribution in [3.63, 3.8) is 0 Å². The maximum absolute atomic E-state index is 11.7. The lowest BCUT2D eigenvalue weighted by Crippen LogP contribution is -2.35. The van der Waals surface area contributed by atoms with Gasteiger partial charge in [-0.3, -0.25) is 9.59 Å². The van der Waals surface area contributed by atoms with Crippen LogP contribution < -0.4 is 5.73 Å².